The van der Waals surface area contributed by atoms with Crippen molar-refractivity contribution in [1.82, 2.24) is 0 Å². The molecule has 0 spiro atoms. The normalized spacial score (nSPS) is 14.6. The molecule has 0 saturated heterocycles. The van der Waals surface area contributed by atoms with Gasteiger partial charge >= 0.3 is 29.6 Å². The van der Waals surface area contributed by atoms with Gasteiger partial charge in [0.15, 0.2) is 0 Å². The molecule has 0 aromatic carbocycles. The summed E-state index contributed by atoms with van der Waals surface area (Å²) in [5, 5.41) is 0. The smallest absolute Gasteiger partial charge is 0.748 e. The summed E-state index contributed by atoms with van der Waals surface area (Å²) in [5.74, 6) is 0.210. The van der Waals surface area contributed by atoms with E-state index in [1.165, 1.54) is 0 Å². The molecule has 0 aliphatic heterocycles. The summed E-state index contributed by atoms with van der Waals surface area (Å²) in [7, 11) is -4.09. The summed E-state index contributed by atoms with van der Waals surface area (Å²) in [6.07, 6.45) is 1.80. The minimum Gasteiger partial charge on any atom is -0.748 e. The molecule has 0 radical (unpaired) electrons. The quantitative estimate of drug-likeness (QED) is 0.449. The maximum Gasteiger partial charge on any atom is 1.00 e. The Morgan fingerprint density at radius 3 is 2.07 bits per heavy atom. The average molecular weight is 230 g/mol. The van der Waals surface area contributed by atoms with Crippen molar-refractivity contribution in [3.8, 4) is 0 Å². The van der Waals surface area contributed by atoms with Crippen LogP contribution in [0.4, 0.5) is 0 Å². The second-order valence-electron chi connectivity index (χ2n) is 4.58. The molecular formula is C9H19NaO3S. The van der Waals surface area contributed by atoms with E-state index in [0.29, 0.717) is 5.92 Å². The summed E-state index contributed by atoms with van der Waals surface area (Å²) in [5.41, 5.74) is -0.393. The molecule has 0 aromatic rings. The van der Waals surface area contributed by atoms with E-state index in [0.717, 1.165) is 12.8 Å². The van der Waals surface area contributed by atoms with E-state index in [1.54, 1.807) is 0 Å². The zero-order valence-electron chi connectivity index (χ0n) is 9.83. The van der Waals surface area contributed by atoms with E-state index >= 15 is 0 Å². The summed E-state index contributed by atoms with van der Waals surface area (Å²) in [6, 6.07) is 0. The minimum absolute atomic E-state index is 0. The topological polar surface area (TPSA) is 57.2 Å². The van der Waals surface area contributed by atoms with Crippen LogP contribution >= 0.6 is 0 Å². The molecule has 0 saturated carbocycles. The predicted octanol–water partition coefficient (Wildman–Crippen LogP) is -1.00. The first kappa shape index (κ1) is 17.3. The van der Waals surface area contributed by atoms with Crippen LogP contribution < -0.4 is 29.6 Å². The maximum absolute atomic E-state index is 10.6. The molecular weight excluding hydrogens is 211 g/mol. The van der Waals surface area contributed by atoms with Crippen LogP contribution in [0.1, 0.15) is 40.5 Å². The van der Waals surface area contributed by atoms with Gasteiger partial charge in [-0.05, 0) is 17.8 Å². The Kier molecular flexibility index (Phi) is 8.02. The molecule has 0 bridgehead atoms. The SMILES string of the molecule is CCC(C)CC(C)(C)CS(=O)(=O)[O-].[Na+]. The van der Waals surface area contributed by atoms with Crippen LogP contribution in [0.3, 0.4) is 0 Å². The van der Waals surface area contributed by atoms with Crippen molar-refractivity contribution in [3.05, 3.63) is 0 Å². The Balaban J connectivity index is 0. The molecule has 0 aliphatic rings. The van der Waals surface area contributed by atoms with Gasteiger partial charge < -0.3 is 4.55 Å². The van der Waals surface area contributed by atoms with Gasteiger partial charge in [-0.2, -0.15) is 0 Å². The van der Waals surface area contributed by atoms with Crippen molar-refractivity contribution in [2.45, 2.75) is 40.5 Å². The first-order valence-electron chi connectivity index (χ1n) is 4.60. The van der Waals surface area contributed by atoms with Crippen LogP contribution in [0.15, 0.2) is 0 Å². The fourth-order valence-corrected chi connectivity index (χ4v) is 2.70. The van der Waals surface area contributed by atoms with Crippen molar-refractivity contribution >= 4 is 10.1 Å². The molecule has 0 N–H and O–H groups in total. The fourth-order valence-electron chi connectivity index (χ4n) is 1.63. The van der Waals surface area contributed by atoms with Crippen LogP contribution in [0.25, 0.3) is 0 Å². The summed E-state index contributed by atoms with van der Waals surface area (Å²) < 4.78 is 31.7. The largest absolute Gasteiger partial charge is 1.00 e. The van der Waals surface area contributed by atoms with Crippen molar-refractivity contribution < 1.29 is 42.5 Å². The van der Waals surface area contributed by atoms with Crippen LogP contribution in [0.2, 0.25) is 0 Å². The standard InChI is InChI=1S/C9H20O3S.Na/c1-5-8(2)6-9(3,4)7-13(10,11)12;/h8H,5-7H2,1-4H3,(H,10,11,12);/q;+1/p-1. The second kappa shape index (κ2) is 6.48. The first-order chi connectivity index (χ1) is 5.66. The number of hydrogen-bond donors (Lipinski definition) is 0. The monoisotopic (exact) mass is 230 g/mol. The van der Waals surface area contributed by atoms with Crippen molar-refractivity contribution in [1.29, 1.82) is 0 Å². The van der Waals surface area contributed by atoms with Gasteiger partial charge in [0, 0.05) is 5.75 Å². The summed E-state index contributed by atoms with van der Waals surface area (Å²) in [6.45, 7) is 7.79. The van der Waals surface area contributed by atoms with Crippen LogP contribution in [0.5, 0.6) is 0 Å². The van der Waals surface area contributed by atoms with Crippen LogP contribution in [0, 0.1) is 11.3 Å². The van der Waals surface area contributed by atoms with Crippen LogP contribution in [-0.2, 0) is 10.1 Å². The van der Waals surface area contributed by atoms with Gasteiger partial charge in [-0.1, -0.05) is 34.1 Å². The molecule has 1 unspecified atom stereocenters. The van der Waals surface area contributed by atoms with Crippen LogP contribution in [-0.4, -0.2) is 18.7 Å². The summed E-state index contributed by atoms with van der Waals surface area (Å²) in [4.78, 5) is 0. The molecule has 14 heavy (non-hydrogen) atoms. The Labute approximate surface area is 110 Å². The molecule has 0 amide bonds. The Morgan fingerprint density at radius 2 is 1.79 bits per heavy atom. The third kappa shape index (κ3) is 9.46. The van der Waals surface area contributed by atoms with Gasteiger partial charge in [-0.25, -0.2) is 8.42 Å². The molecule has 5 heteroatoms. The van der Waals surface area contributed by atoms with Crippen molar-refractivity contribution in [2.75, 3.05) is 5.75 Å². The molecule has 3 nitrogen and oxygen atoms in total. The molecule has 0 aromatic heterocycles. The third-order valence-corrected chi connectivity index (χ3v) is 3.30. The fraction of sp³-hybridized carbons (Fsp3) is 1.00. The Hall–Kier alpha value is 0.910. The van der Waals surface area contributed by atoms with Crippen molar-refractivity contribution in [3.63, 3.8) is 0 Å². The molecule has 0 aliphatic carbocycles. The molecule has 1 atom stereocenters. The number of hydrogen-bond acceptors (Lipinski definition) is 3. The zero-order chi connectivity index (χ0) is 10.7. The second-order valence-corrected chi connectivity index (χ2v) is 5.99. The van der Waals surface area contributed by atoms with E-state index in [4.69, 9.17) is 0 Å². The van der Waals surface area contributed by atoms with Gasteiger partial charge in [-0.15, -0.1) is 0 Å². The molecule has 0 rings (SSSR count). The number of rotatable bonds is 5. The van der Waals surface area contributed by atoms with E-state index < -0.39 is 15.5 Å². The van der Waals surface area contributed by atoms with E-state index in [1.807, 2.05) is 13.8 Å². The van der Waals surface area contributed by atoms with Gasteiger partial charge in [0.2, 0.25) is 0 Å². The van der Waals surface area contributed by atoms with Gasteiger partial charge in [0.1, 0.15) is 0 Å². The maximum atomic E-state index is 10.6. The minimum atomic E-state index is -4.09. The molecule has 0 fully saturated rings. The van der Waals surface area contributed by atoms with Gasteiger partial charge in [0.05, 0.1) is 10.1 Å². The van der Waals surface area contributed by atoms with Gasteiger partial charge in [-0.3, -0.25) is 0 Å². The first-order valence-corrected chi connectivity index (χ1v) is 6.17. The van der Waals surface area contributed by atoms with Gasteiger partial charge in [0.25, 0.3) is 0 Å². The zero-order valence-corrected chi connectivity index (χ0v) is 12.6. The third-order valence-electron chi connectivity index (χ3n) is 2.17. The predicted molar refractivity (Wildman–Crippen MR) is 52.4 cm³/mol. The molecule has 80 valence electrons. The van der Waals surface area contributed by atoms with Crippen molar-refractivity contribution in [2.24, 2.45) is 11.3 Å². The average Bonchev–Trinajstić information content (AvgIpc) is 1.80. The van der Waals surface area contributed by atoms with E-state index in [2.05, 4.69) is 13.8 Å². The van der Waals surface area contributed by atoms with E-state index in [-0.39, 0.29) is 35.3 Å². The van der Waals surface area contributed by atoms with E-state index in [9.17, 15) is 13.0 Å². The summed E-state index contributed by atoms with van der Waals surface area (Å²) >= 11 is 0. The molecule has 0 heterocycles. The Bertz CT molecular complexity index is 247. The Morgan fingerprint density at radius 1 is 1.36 bits per heavy atom.